The van der Waals surface area contributed by atoms with Crippen molar-refractivity contribution in [2.24, 2.45) is 0 Å². The zero-order chi connectivity index (χ0) is 4.41. The van der Waals surface area contributed by atoms with E-state index in [1.165, 1.54) is 0 Å². The Balaban J connectivity index is 2.37. The summed E-state index contributed by atoms with van der Waals surface area (Å²) in [4.78, 5) is 9.95. The Hall–Kier alpha value is 0.130. The van der Waals surface area contributed by atoms with E-state index in [9.17, 15) is 4.79 Å². The molecule has 34 valence electrons. The standard InChI is InChI=1S/CHNO2S2/c3-1-2-4-6-5-1/h(H,2,3). The first-order chi connectivity index (χ1) is 2.89. The molecule has 0 bridgehead atoms. The number of hydrogen-bond acceptors (Lipinski definition) is 4. The number of carbonyl (C=O) groups is 1. The molecule has 1 rings (SSSR count). The van der Waals surface area contributed by atoms with Gasteiger partial charge in [-0.1, -0.05) is 0 Å². The summed E-state index contributed by atoms with van der Waals surface area (Å²) in [5.74, 6) is 0. The Morgan fingerprint density at radius 1 is 1.83 bits per heavy atom. The summed E-state index contributed by atoms with van der Waals surface area (Å²) in [6, 6.07) is 0. The second-order valence-corrected chi connectivity index (χ2v) is 2.37. The molecule has 0 radical (unpaired) electrons. The Labute approximate surface area is 42.4 Å². The number of amides is 1. The molecule has 6 heavy (non-hydrogen) atoms. The predicted octanol–water partition coefficient (Wildman–Crippen LogP) is 0.938. The first-order valence-corrected chi connectivity index (χ1v) is 3.27. The predicted molar refractivity (Wildman–Crippen MR) is 24.8 cm³/mol. The molecule has 0 saturated carbocycles. The van der Waals surface area contributed by atoms with Crippen molar-refractivity contribution < 1.29 is 9.08 Å². The number of rotatable bonds is 0. The molecule has 0 aromatic rings. The molecule has 3 nitrogen and oxygen atoms in total. The van der Waals surface area contributed by atoms with E-state index in [0.29, 0.717) is 0 Å². The van der Waals surface area contributed by atoms with Crippen LogP contribution in [0.4, 0.5) is 4.79 Å². The third-order valence-corrected chi connectivity index (χ3v) is 1.59. The summed E-state index contributed by atoms with van der Waals surface area (Å²) in [6.07, 6.45) is 0. The fourth-order valence-electron chi connectivity index (χ4n) is 0.116. The highest BCUT2D eigenvalue weighted by atomic mass is 33.1. The Morgan fingerprint density at radius 2 is 2.67 bits per heavy atom. The van der Waals surface area contributed by atoms with Crippen molar-refractivity contribution in [3.05, 3.63) is 0 Å². The van der Waals surface area contributed by atoms with Crippen LogP contribution in [0.1, 0.15) is 0 Å². The van der Waals surface area contributed by atoms with Crippen LogP contribution in [0.25, 0.3) is 0 Å². The number of hydrogen-bond donors (Lipinski definition) is 1. The molecule has 0 aromatic carbocycles. The van der Waals surface area contributed by atoms with E-state index in [4.69, 9.17) is 0 Å². The highest BCUT2D eigenvalue weighted by Crippen LogP contribution is 2.27. The van der Waals surface area contributed by atoms with Gasteiger partial charge in [-0.25, -0.2) is 5.48 Å². The lowest BCUT2D eigenvalue weighted by Gasteiger charge is -1.76. The maximum atomic E-state index is 9.95. The van der Waals surface area contributed by atoms with E-state index in [2.05, 4.69) is 9.76 Å². The lowest BCUT2D eigenvalue weighted by molar-refractivity contribution is 0.222. The normalized spacial score (nSPS) is 21.0. The van der Waals surface area contributed by atoms with Gasteiger partial charge in [-0.05, 0) is 0 Å². The van der Waals surface area contributed by atoms with Crippen LogP contribution in [0.2, 0.25) is 0 Å². The van der Waals surface area contributed by atoms with Gasteiger partial charge in [0.2, 0.25) is 0 Å². The van der Waals surface area contributed by atoms with Crippen LogP contribution in [0.3, 0.4) is 0 Å². The molecule has 1 N–H and O–H groups in total. The summed E-state index contributed by atoms with van der Waals surface area (Å²) in [6.45, 7) is 0. The van der Waals surface area contributed by atoms with Crippen LogP contribution in [-0.2, 0) is 4.28 Å². The molecule has 0 atom stereocenters. The van der Waals surface area contributed by atoms with E-state index in [1.807, 2.05) is 0 Å². The van der Waals surface area contributed by atoms with Crippen LogP contribution in [0, 0.1) is 0 Å². The van der Waals surface area contributed by atoms with Gasteiger partial charge in [-0.3, -0.25) is 4.79 Å². The smallest absolute Gasteiger partial charge is 0.258 e. The van der Waals surface area contributed by atoms with E-state index >= 15 is 0 Å². The molecule has 1 fully saturated rings. The topological polar surface area (TPSA) is 38.3 Å². The van der Waals surface area contributed by atoms with E-state index in [-0.39, 0.29) is 5.24 Å². The Morgan fingerprint density at radius 3 is 2.83 bits per heavy atom. The molecular formula is CHNO2S2. The molecule has 1 amide bonds. The SMILES string of the molecule is O=C1NOSS1. The van der Waals surface area contributed by atoms with Gasteiger partial charge < -0.3 is 0 Å². The number of hydroxylamine groups is 1. The van der Waals surface area contributed by atoms with Crippen LogP contribution < -0.4 is 5.48 Å². The van der Waals surface area contributed by atoms with Crippen LogP contribution in [0.5, 0.6) is 0 Å². The zero-order valence-electron chi connectivity index (χ0n) is 2.63. The molecule has 1 aliphatic heterocycles. The van der Waals surface area contributed by atoms with Gasteiger partial charge >= 0.3 is 5.24 Å². The lowest BCUT2D eigenvalue weighted by Crippen LogP contribution is -2.06. The lowest BCUT2D eigenvalue weighted by atomic mass is 11.4. The zero-order valence-corrected chi connectivity index (χ0v) is 4.27. The average Bonchev–Trinajstić information content (AvgIpc) is 1.86. The number of nitrogens with one attached hydrogen (secondary N) is 1. The molecule has 1 saturated heterocycles. The van der Waals surface area contributed by atoms with Gasteiger partial charge in [-0.2, -0.15) is 4.28 Å². The van der Waals surface area contributed by atoms with Gasteiger partial charge in [0.15, 0.2) is 0 Å². The first-order valence-electron chi connectivity index (χ1n) is 1.20. The third-order valence-electron chi connectivity index (χ3n) is 0.269. The van der Waals surface area contributed by atoms with E-state index in [1.54, 1.807) is 0 Å². The van der Waals surface area contributed by atoms with Crippen molar-refractivity contribution in [3.8, 4) is 0 Å². The van der Waals surface area contributed by atoms with Gasteiger partial charge in [-0.15, -0.1) is 0 Å². The van der Waals surface area contributed by atoms with Crippen LogP contribution in [0.15, 0.2) is 0 Å². The quantitative estimate of drug-likeness (QED) is 0.384. The van der Waals surface area contributed by atoms with Crippen molar-refractivity contribution >= 4 is 27.1 Å². The molecule has 1 heterocycles. The summed E-state index contributed by atoms with van der Waals surface area (Å²) in [5, 5.41) is -0.139. The highest BCUT2D eigenvalue weighted by Gasteiger charge is 2.10. The Kier molecular flexibility index (Phi) is 1.23. The first kappa shape index (κ1) is 4.29. The largest absolute Gasteiger partial charge is 0.316 e. The Bertz CT molecular complexity index is 65.9. The van der Waals surface area contributed by atoms with Crippen LogP contribution >= 0.6 is 21.9 Å². The second kappa shape index (κ2) is 1.72. The summed E-state index contributed by atoms with van der Waals surface area (Å²) in [5.41, 5.74) is 2.11. The van der Waals surface area contributed by atoms with Crippen LogP contribution in [-0.4, -0.2) is 5.24 Å². The average molecular weight is 123 g/mol. The maximum absolute atomic E-state index is 9.95. The fraction of sp³-hybridized carbons (Fsp3) is 0. The minimum Gasteiger partial charge on any atom is -0.258 e. The van der Waals surface area contributed by atoms with Crippen molar-refractivity contribution in [2.75, 3.05) is 0 Å². The molecule has 0 spiro atoms. The fourth-order valence-corrected chi connectivity index (χ4v) is 0.941. The van der Waals surface area contributed by atoms with Gasteiger partial charge in [0.25, 0.3) is 0 Å². The van der Waals surface area contributed by atoms with Crippen molar-refractivity contribution in [3.63, 3.8) is 0 Å². The summed E-state index contributed by atoms with van der Waals surface area (Å²) >= 11 is 1.04. The molecule has 0 aromatic heterocycles. The number of carbonyl (C=O) groups excluding carboxylic acids is 1. The minimum atomic E-state index is -0.139. The molecule has 1 aliphatic rings. The highest BCUT2D eigenvalue weighted by molar-refractivity contribution is 8.81. The van der Waals surface area contributed by atoms with E-state index in [0.717, 1.165) is 21.9 Å². The molecule has 0 aliphatic carbocycles. The second-order valence-electron chi connectivity index (χ2n) is 0.624. The third kappa shape index (κ3) is 0.796. The van der Waals surface area contributed by atoms with Gasteiger partial charge in [0.1, 0.15) is 11.1 Å². The maximum Gasteiger partial charge on any atom is 0.316 e. The summed E-state index contributed by atoms with van der Waals surface area (Å²) in [7, 11) is 1.04. The molecule has 0 unspecified atom stereocenters. The van der Waals surface area contributed by atoms with Crippen molar-refractivity contribution in [1.82, 2.24) is 5.48 Å². The van der Waals surface area contributed by atoms with Crippen molar-refractivity contribution in [1.29, 1.82) is 0 Å². The molecular weight excluding hydrogens is 122 g/mol. The van der Waals surface area contributed by atoms with Gasteiger partial charge in [0.05, 0.1) is 0 Å². The minimum absolute atomic E-state index is 0.139. The van der Waals surface area contributed by atoms with Gasteiger partial charge in [0, 0.05) is 10.8 Å². The monoisotopic (exact) mass is 123 g/mol. The molecule has 5 heteroatoms. The van der Waals surface area contributed by atoms with Crippen molar-refractivity contribution in [2.45, 2.75) is 0 Å². The summed E-state index contributed by atoms with van der Waals surface area (Å²) < 4.78 is 4.34. The van der Waals surface area contributed by atoms with E-state index < -0.39 is 0 Å².